The van der Waals surface area contributed by atoms with E-state index in [1.54, 1.807) is 0 Å². The summed E-state index contributed by atoms with van der Waals surface area (Å²) < 4.78 is 46.8. The van der Waals surface area contributed by atoms with Crippen molar-refractivity contribution in [2.75, 3.05) is 24.6 Å². The van der Waals surface area contributed by atoms with Crippen LogP contribution in [0.2, 0.25) is 5.02 Å². The third kappa shape index (κ3) is 5.74. The molecule has 168 valence electrons. The summed E-state index contributed by atoms with van der Waals surface area (Å²) in [6.07, 6.45) is 0.828. The van der Waals surface area contributed by atoms with Crippen molar-refractivity contribution in [3.8, 4) is 5.75 Å². The Kier molecular flexibility index (Phi) is 7.10. The SMILES string of the molecule is CCOC(=O)CC1CCC2(CCN(c3cc(OC(F)(F)F)ccc3Cl)CC2)CC1C. The number of piperidine rings is 1. The second kappa shape index (κ2) is 9.25. The van der Waals surface area contributed by atoms with E-state index in [-0.39, 0.29) is 17.1 Å². The van der Waals surface area contributed by atoms with Crippen molar-refractivity contribution in [3.05, 3.63) is 23.2 Å². The standard InChI is InChI=1S/C22H29ClF3NO3/c1-3-29-20(28)12-16-6-7-21(14-15(16)2)8-10-27(11-9-21)19-13-17(4-5-18(19)23)30-22(24,25)26/h4-5,13,15-16H,3,6-12,14H2,1-2H3. The molecule has 2 aliphatic rings. The number of alkyl halides is 3. The maximum Gasteiger partial charge on any atom is 0.573 e. The van der Waals surface area contributed by atoms with Crippen LogP contribution < -0.4 is 9.64 Å². The first-order valence-electron chi connectivity index (χ1n) is 10.6. The lowest BCUT2D eigenvalue weighted by Crippen LogP contribution is -2.44. The quantitative estimate of drug-likeness (QED) is 0.502. The van der Waals surface area contributed by atoms with E-state index in [1.165, 1.54) is 18.2 Å². The van der Waals surface area contributed by atoms with Gasteiger partial charge in [0.05, 0.1) is 17.3 Å². The van der Waals surface area contributed by atoms with Crippen molar-refractivity contribution >= 4 is 23.3 Å². The number of benzene rings is 1. The molecular weight excluding hydrogens is 419 g/mol. The summed E-state index contributed by atoms with van der Waals surface area (Å²) in [5, 5.41) is 0.423. The normalized spacial score (nSPS) is 24.0. The lowest BCUT2D eigenvalue weighted by atomic mass is 9.61. The third-order valence-corrected chi connectivity index (χ3v) is 6.97. The minimum Gasteiger partial charge on any atom is -0.466 e. The molecule has 0 radical (unpaired) electrons. The van der Waals surface area contributed by atoms with E-state index < -0.39 is 6.36 Å². The molecule has 1 aromatic carbocycles. The molecule has 1 saturated carbocycles. The van der Waals surface area contributed by atoms with E-state index in [4.69, 9.17) is 16.3 Å². The fraction of sp³-hybridized carbons (Fsp3) is 0.682. The van der Waals surface area contributed by atoms with Crippen molar-refractivity contribution in [1.82, 2.24) is 0 Å². The average Bonchev–Trinajstić information content (AvgIpc) is 2.66. The van der Waals surface area contributed by atoms with E-state index in [0.717, 1.165) is 45.2 Å². The van der Waals surface area contributed by atoms with Gasteiger partial charge >= 0.3 is 12.3 Å². The monoisotopic (exact) mass is 447 g/mol. The summed E-state index contributed by atoms with van der Waals surface area (Å²) in [6, 6.07) is 4.05. The number of hydrogen-bond donors (Lipinski definition) is 0. The number of anilines is 1. The first kappa shape index (κ1) is 23.0. The van der Waals surface area contributed by atoms with E-state index in [0.29, 0.717) is 35.6 Å². The molecule has 0 amide bonds. The molecule has 2 atom stereocenters. The molecule has 4 nitrogen and oxygen atoms in total. The minimum absolute atomic E-state index is 0.115. The first-order valence-corrected chi connectivity index (χ1v) is 10.9. The summed E-state index contributed by atoms with van der Waals surface area (Å²) in [5.74, 6) is 0.436. The molecule has 1 aliphatic carbocycles. The molecule has 30 heavy (non-hydrogen) atoms. The van der Waals surface area contributed by atoms with Gasteiger partial charge in [-0.2, -0.15) is 0 Å². The summed E-state index contributed by atoms with van der Waals surface area (Å²) in [6.45, 7) is 5.93. The smallest absolute Gasteiger partial charge is 0.466 e. The zero-order valence-electron chi connectivity index (χ0n) is 17.4. The molecule has 0 N–H and O–H groups in total. The van der Waals surface area contributed by atoms with E-state index in [1.807, 2.05) is 11.8 Å². The Balaban J connectivity index is 1.60. The summed E-state index contributed by atoms with van der Waals surface area (Å²) in [4.78, 5) is 13.9. The Hall–Kier alpha value is -1.63. The van der Waals surface area contributed by atoms with Gasteiger partial charge in [0, 0.05) is 25.6 Å². The number of ether oxygens (including phenoxy) is 2. The maximum absolute atomic E-state index is 12.5. The van der Waals surface area contributed by atoms with Crippen LogP contribution in [0.3, 0.4) is 0 Å². The number of nitrogens with zero attached hydrogens (tertiary/aromatic N) is 1. The zero-order valence-corrected chi connectivity index (χ0v) is 18.2. The number of hydrogen-bond acceptors (Lipinski definition) is 4. The van der Waals surface area contributed by atoms with Crippen LogP contribution in [0.15, 0.2) is 18.2 Å². The summed E-state index contributed by atoms with van der Waals surface area (Å²) >= 11 is 6.27. The molecule has 2 unspecified atom stereocenters. The van der Waals surface area contributed by atoms with Crippen LogP contribution in [0.25, 0.3) is 0 Å². The molecule has 1 saturated heterocycles. The third-order valence-electron chi connectivity index (χ3n) is 6.66. The van der Waals surface area contributed by atoms with Gasteiger partial charge in [0.2, 0.25) is 0 Å². The predicted molar refractivity (Wildman–Crippen MR) is 110 cm³/mol. The molecule has 8 heteroatoms. The van der Waals surface area contributed by atoms with Crippen molar-refractivity contribution in [1.29, 1.82) is 0 Å². The molecule has 3 rings (SSSR count). The molecule has 2 fully saturated rings. The Bertz CT molecular complexity index is 748. The Morgan fingerprint density at radius 1 is 1.27 bits per heavy atom. The molecule has 0 aromatic heterocycles. The highest BCUT2D eigenvalue weighted by Crippen LogP contribution is 2.50. The number of carbonyl (C=O) groups is 1. The number of rotatable bonds is 5. The second-order valence-corrected chi connectivity index (χ2v) is 9.04. The van der Waals surface area contributed by atoms with Gasteiger partial charge in [-0.3, -0.25) is 4.79 Å². The number of halogens is 4. The lowest BCUT2D eigenvalue weighted by molar-refractivity contribution is -0.274. The number of carbonyl (C=O) groups excluding carboxylic acids is 1. The van der Waals surface area contributed by atoms with Gasteiger partial charge in [0.15, 0.2) is 0 Å². The van der Waals surface area contributed by atoms with Crippen LogP contribution in [0.5, 0.6) is 5.75 Å². The van der Waals surface area contributed by atoms with Gasteiger partial charge in [-0.15, -0.1) is 13.2 Å². The average molecular weight is 448 g/mol. The molecule has 1 aliphatic heterocycles. The maximum atomic E-state index is 12.5. The van der Waals surface area contributed by atoms with Gasteiger partial charge < -0.3 is 14.4 Å². The Labute approximate surface area is 180 Å². The van der Waals surface area contributed by atoms with Crippen molar-refractivity contribution in [2.24, 2.45) is 17.3 Å². The van der Waals surface area contributed by atoms with Gasteiger partial charge in [0.1, 0.15) is 5.75 Å². The first-order chi connectivity index (χ1) is 14.1. The summed E-state index contributed by atoms with van der Waals surface area (Å²) in [5.41, 5.74) is 0.811. The van der Waals surface area contributed by atoms with E-state index in [9.17, 15) is 18.0 Å². The topological polar surface area (TPSA) is 38.8 Å². The van der Waals surface area contributed by atoms with Crippen LogP contribution in [0, 0.1) is 17.3 Å². The van der Waals surface area contributed by atoms with Crippen molar-refractivity contribution in [3.63, 3.8) is 0 Å². The molecule has 1 spiro atoms. The van der Waals surface area contributed by atoms with E-state index in [2.05, 4.69) is 11.7 Å². The highest BCUT2D eigenvalue weighted by molar-refractivity contribution is 6.33. The zero-order chi connectivity index (χ0) is 21.9. The Morgan fingerprint density at radius 3 is 2.57 bits per heavy atom. The van der Waals surface area contributed by atoms with Crippen LogP contribution in [0.4, 0.5) is 18.9 Å². The van der Waals surface area contributed by atoms with Crippen molar-refractivity contribution < 1.29 is 27.4 Å². The molecular formula is C22H29ClF3NO3. The molecule has 1 heterocycles. The van der Waals surface area contributed by atoms with Crippen LogP contribution in [-0.2, 0) is 9.53 Å². The lowest BCUT2D eigenvalue weighted by Gasteiger charge is -2.49. The van der Waals surface area contributed by atoms with Crippen LogP contribution in [0.1, 0.15) is 52.4 Å². The largest absolute Gasteiger partial charge is 0.573 e. The fourth-order valence-corrected chi connectivity index (χ4v) is 5.31. The highest BCUT2D eigenvalue weighted by Gasteiger charge is 2.42. The Morgan fingerprint density at radius 2 is 1.97 bits per heavy atom. The van der Waals surface area contributed by atoms with Crippen molar-refractivity contribution in [2.45, 2.75) is 58.7 Å². The number of esters is 1. The van der Waals surface area contributed by atoms with Gasteiger partial charge in [-0.1, -0.05) is 18.5 Å². The summed E-state index contributed by atoms with van der Waals surface area (Å²) in [7, 11) is 0. The van der Waals surface area contributed by atoms with Gasteiger partial charge in [-0.25, -0.2) is 0 Å². The van der Waals surface area contributed by atoms with Gasteiger partial charge in [0.25, 0.3) is 0 Å². The van der Waals surface area contributed by atoms with E-state index >= 15 is 0 Å². The minimum atomic E-state index is -4.73. The highest BCUT2D eigenvalue weighted by atomic mass is 35.5. The van der Waals surface area contributed by atoms with Crippen LogP contribution in [-0.4, -0.2) is 32.0 Å². The fourth-order valence-electron chi connectivity index (χ4n) is 5.07. The van der Waals surface area contributed by atoms with Gasteiger partial charge in [-0.05, 0) is 68.4 Å². The molecule has 0 bridgehead atoms. The molecule has 1 aromatic rings. The second-order valence-electron chi connectivity index (χ2n) is 8.64. The predicted octanol–water partition coefficient (Wildman–Crippen LogP) is 6.21. The van der Waals surface area contributed by atoms with Crippen LogP contribution >= 0.6 is 11.6 Å².